The summed E-state index contributed by atoms with van der Waals surface area (Å²) in [5, 5.41) is 4.45. The first-order valence-electron chi connectivity index (χ1n) is 6.51. The molecular weight excluding hydrogens is 217 g/mol. The fourth-order valence-corrected chi connectivity index (χ4v) is 2.00. The van der Waals surface area contributed by atoms with Gasteiger partial charge >= 0.3 is 0 Å². The second-order valence-electron chi connectivity index (χ2n) is 4.64. The Morgan fingerprint density at radius 1 is 1.41 bits per heavy atom. The molecule has 4 heteroatoms. The maximum Gasteiger partial charge on any atom is 0.128 e. The molecule has 0 aliphatic rings. The molecule has 0 aromatic carbocycles. The van der Waals surface area contributed by atoms with Crippen LogP contribution in [-0.2, 0) is 6.42 Å². The van der Waals surface area contributed by atoms with Crippen molar-refractivity contribution in [3.63, 3.8) is 0 Å². The van der Waals surface area contributed by atoms with Crippen molar-refractivity contribution in [1.29, 1.82) is 0 Å². The molecule has 0 saturated carbocycles. The summed E-state index contributed by atoms with van der Waals surface area (Å²) in [6.07, 6.45) is 4.78. The zero-order valence-corrected chi connectivity index (χ0v) is 11.1. The van der Waals surface area contributed by atoms with Crippen molar-refractivity contribution in [3.05, 3.63) is 18.0 Å². The van der Waals surface area contributed by atoms with Crippen LogP contribution in [0.15, 0.2) is 12.3 Å². The van der Waals surface area contributed by atoms with E-state index < -0.39 is 5.67 Å². The molecule has 3 nitrogen and oxygen atoms in total. The SMILES string of the molecule is CCC(CC)n1ccc(CC(F)(CC)CN)n1. The molecule has 1 atom stereocenters. The van der Waals surface area contributed by atoms with E-state index in [0.29, 0.717) is 18.9 Å². The second-order valence-corrected chi connectivity index (χ2v) is 4.64. The van der Waals surface area contributed by atoms with Gasteiger partial charge in [-0.1, -0.05) is 20.8 Å². The van der Waals surface area contributed by atoms with Gasteiger partial charge in [0.1, 0.15) is 5.67 Å². The van der Waals surface area contributed by atoms with Crippen LogP contribution in [0.25, 0.3) is 0 Å². The van der Waals surface area contributed by atoms with Crippen molar-refractivity contribution >= 4 is 0 Å². The van der Waals surface area contributed by atoms with Crippen molar-refractivity contribution < 1.29 is 4.39 Å². The van der Waals surface area contributed by atoms with Gasteiger partial charge in [0.05, 0.1) is 11.7 Å². The summed E-state index contributed by atoms with van der Waals surface area (Å²) in [7, 11) is 0. The Morgan fingerprint density at radius 3 is 2.53 bits per heavy atom. The molecule has 1 aromatic heterocycles. The van der Waals surface area contributed by atoms with Crippen LogP contribution in [0, 0.1) is 0 Å². The van der Waals surface area contributed by atoms with Gasteiger partial charge < -0.3 is 5.73 Å². The first-order valence-corrected chi connectivity index (χ1v) is 6.51. The molecule has 98 valence electrons. The van der Waals surface area contributed by atoms with Crippen molar-refractivity contribution in [2.75, 3.05) is 6.54 Å². The van der Waals surface area contributed by atoms with Crippen LogP contribution >= 0.6 is 0 Å². The molecule has 17 heavy (non-hydrogen) atoms. The van der Waals surface area contributed by atoms with Crippen LogP contribution < -0.4 is 5.73 Å². The molecule has 1 aromatic rings. The Kier molecular flexibility index (Phi) is 5.12. The van der Waals surface area contributed by atoms with Crippen molar-refractivity contribution in [1.82, 2.24) is 9.78 Å². The Balaban J connectivity index is 2.74. The maximum atomic E-state index is 14.1. The molecule has 0 saturated heterocycles. The van der Waals surface area contributed by atoms with Crippen molar-refractivity contribution in [2.45, 2.75) is 58.2 Å². The first-order chi connectivity index (χ1) is 8.08. The number of hydrogen-bond acceptors (Lipinski definition) is 2. The second kappa shape index (κ2) is 6.15. The van der Waals surface area contributed by atoms with Gasteiger partial charge in [0, 0.05) is 19.2 Å². The number of alkyl halides is 1. The summed E-state index contributed by atoms with van der Waals surface area (Å²) in [5.41, 5.74) is 4.96. The van der Waals surface area contributed by atoms with E-state index in [1.807, 2.05) is 23.9 Å². The molecule has 1 rings (SSSR count). The van der Waals surface area contributed by atoms with Gasteiger partial charge in [-0.05, 0) is 25.3 Å². The predicted octanol–water partition coefficient (Wildman–Crippen LogP) is 2.86. The van der Waals surface area contributed by atoms with Crippen LogP contribution in [-0.4, -0.2) is 22.0 Å². The van der Waals surface area contributed by atoms with E-state index in [0.717, 1.165) is 18.5 Å². The van der Waals surface area contributed by atoms with E-state index in [1.165, 1.54) is 0 Å². The van der Waals surface area contributed by atoms with Crippen LogP contribution in [0.3, 0.4) is 0 Å². The van der Waals surface area contributed by atoms with Crippen molar-refractivity contribution in [2.24, 2.45) is 5.73 Å². The molecule has 0 amide bonds. The summed E-state index contributed by atoms with van der Waals surface area (Å²) >= 11 is 0. The highest BCUT2D eigenvalue weighted by Gasteiger charge is 2.27. The molecule has 0 fully saturated rings. The molecular formula is C13H24FN3. The van der Waals surface area contributed by atoms with Crippen molar-refractivity contribution in [3.8, 4) is 0 Å². The Labute approximate surface area is 103 Å². The van der Waals surface area contributed by atoms with Gasteiger partial charge in [0.2, 0.25) is 0 Å². The van der Waals surface area contributed by atoms with Gasteiger partial charge in [0.25, 0.3) is 0 Å². The summed E-state index contributed by atoms with van der Waals surface area (Å²) in [6.45, 7) is 6.16. The quantitative estimate of drug-likeness (QED) is 0.797. The molecule has 0 radical (unpaired) electrons. The molecule has 0 spiro atoms. The third-order valence-corrected chi connectivity index (χ3v) is 3.48. The van der Waals surface area contributed by atoms with Crippen LogP contribution in [0.2, 0.25) is 0 Å². The van der Waals surface area contributed by atoms with Crippen LogP contribution in [0.1, 0.15) is 51.8 Å². The van der Waals surface area contributed by atoms with Crippen LogP contribution in [0.5, 0.6) is 0 Å². The highest BCUT2D eigenvalue weighted by Crippen LogP contribution is 2.21. The average Bonchev–Trinajstić information content (AvgIpc) is 2.79. The first kappa shape index (κ1) is 14.2. The number of nitrogens with zero attached hydrogens (tertiary/aromatic N) is 2. The molecule has 0 aliphatic heterocycles. The number of halogens is 1. The zero-order valence-electron chi connectivity index (χ0n) is 11.1. The minimum atomic E-state index is -1.31. The lowest BCUT2D eigenvalue weighted by molar-refractivity contribution is 0.165. The minimum absolute atomic E-state index is 0.0569. The highest BCUT2D eigenvalue weighted by molar-refractivity contribution is 5.05. The Bertz CT molecular complexity index is 327. The van der Waals surface area contributed by atoms with E-state index >= 15 is 0 Å². The standard InChI is InChI=1S/C13H24FN3/c1-4-12(5-2)17-8-7-11(16-17)9-13(14,6-3)10-15/h7-8,12H,4-6,9-10,15H2,1-3H3. The molecule has 0 bridgehead atoms. The fraction of sp³-hybridized carbons (Fsp3) is 0.769. The van der Waals surface area contributed by atoms with Crippen LogP contribution in [0.4, 0.5) is 4.39 Å². The third kappa shape index (κ3) is 3.53. The largest absolute Gasteiger partial charge is 0.328 e. The van der Waals surface area contributed by atoms with Gasteiger partial charge in [-0.15, -0.1) is 0 Å². The molecule has 0 aliphatic carbocycles. The molecule has 1 unspecified atom stereocenters. The van der Waals surface area contributed by atoms with Gasteiger partial charge in [0.15, 0.2) is 0 Å². The summed E-state index contributed by atoms with van der Waals surface area (Å²) in [5.74, 6) is 0. The van der Waals surface area contributed by atoms with E-state index in [-0.39, 0.29) is 6.54 Å². The topological polar surface area (TPSA) is 43.8 Å². The molecule has 1 heterocycles. The number of hydrogen-bond donors (Lipinski definition) is 1. The van der Waals surface area contributed by atoms with E-state index in [9.17, 15) is 4.39 Å². The van der Waals surface area contributed by atoms with Gasteiger partial charge in [-0.25, -0.2) is 4.39 Å². The number of nitrogens with two attached hydrogens (primary N) is 1. The summed E-state index contributed by atoms with van der Waals surface area (Å²) in [4.78, 5) is 0. The Hall–Kier alpha value is -0.900. The monoisotopic (exact) mass is 241 g/mol. The lowest BCUT2D eigenvalue weighted by atomic mass is 9.97. The minimum Gasteiger partial charge on any atom is -0.328 e. The third-order valence-electron chi connectivity index (χ3n) is 3.48. The van der Waals surface area contributed by atoms with Gasteiger partial charge in [-0.2, -0.15) is 5.10 Å². The Morgan fingerprint density at radius 2 is 2.06 bits per heavy atom. The maximum absolute atomic E-state index is 14.1. The van der Waals surface area contributed by atoms with E-state index in [4.69, 9.17) is 5.73 Å². The van der Waals surface area contributed by atoms with E-state index in [1.54, 1.807) is 0 Å². The normalized spacial score (nSPS) is 15.2. The number of aromatic nitrogens is 2. The lowest BCUT2D eigenvalue weighted by Crippen LogP contribution is -2.34. The molecule has 2 N–H and O–H groups in total. The van der Waals surface area contributed by atoms with E-state index in [2.05, 4.69) is 18.9 Å². The fourth-order valence-electron chi connectivity index (χ4n) is 2.00. The highest BCUT2D eigenvalue weighted by atomic mass is 19.1. The smallest absolute Gasteiger partial charge is 0.128 e. The lowest BCUT2D eigenvalue weighted by Gasteiger charge is -2.20. The predicted molar refractivity (Wildman–Crippen MR) is 68.7 cm³/mol. The summed E-state index contributed by atoms with van der Waals surface area (Å²) < 4.78 is 16.1. The zero-order chi connectivity index (χ0) is 12.9. The summed E-state index contributed by atoms with van der Waals surface area (Å²) in [6, 6.07) is 2.31. The average molecular weight is 241 g/mol. The van der Waals surface area contributed by atoms with Gasteiger partial charge in [-0.3, -0.25) is 4.68 Å². The number of rotatable bonds is 7.